The molecule has 11 nitrogen and oxygen atoms in total. The summed E-state index contributed by atoms with van der Waals surface area (Å²) in [5.41, 5.74) is 1.89. The van der Waals surface area contributed by atoms with E-state index in [-0.39, 0.29) is 66.8 Å². The van der Waals surface area contributed by atoms with Gasteiger partial charge in [-0.15, -0.1) is 0 Å². The quantitative estimate of drug-likeness (QED) is 0.186. The number of aromatic nitrogens is 2. The van der Waals surface area contributed by atoms with Crippen LogP contribution in [0.25, 0.3) is 21.7 Å². The van der Waals surface area contributed by atoms with Gasteiger partial charge in [0.1, 0.15) is 17.1 Å². The number of ether oxygens (including phenoxy) is 1. The van der Waals surface area contributed by atoms with Crippen LogP contribution in [0.5, 0.6) is 17.4 Å². The average molecular weight is 700 g/mol. The van der Waals surface area contributed by atoms with Crippen molar-refractivity contribution in [1.29, 1.82) is 0 Å². The maximum atomic E-state index is 13.7. The molecule has 2 aromatic carbocycles. The minimum absolute atomic E-state index is 0.0872. The first kappa shape index (κ1) is 35.6. The molecule has 1 aliphatic heterocycles. The van der Waals surface area contributed by atoms with Crippen molar-refractivity contribution in [2.45, 2.75) is 64.7 Å². The molecule has 3 heterocycles. The molecule has 14 heteroatoms. The van der Waals surface area contributed by atoms with Crippen molar-refractivity contribution in [3.05, 3.63) is 60.2 Å². The van der Waals surface area contributed by atoms with E-state index in [2.05, 4.69) is 41.5 Å². The highest BCUT2D eigenvalue weighted by molar-refractivity contribution is 7.86. The highest BCUT2D eigenvalue weighted by Gasteiger charge is 2.48. The Morgan fingerprint density at radius 3 is 2.12 bits per heavy atom. The fourth-order valence-electron chi connectivity index (χ4n) is 7.11. The van der Waals surface area contributed by atoms with E-state index in [0.29, 0.717) is 27.4 Å². The van der Waals surface area contributed by atoms with Gasteiger partial charge in [-0.2, -0.15) is 17.0 Å². The fourth-order valence-corrected chi connectivity index (χ4v) is 13.5. The summed E-state index contributed by atoms with van der Waals surface area (Å²) in [5.74, 6) is 0.213. The van der Waals surface area contributed by atoms with Gasteiger partial charge in [-0.05, 0) is 46.5 Å². The molecule has 0 bridgehead atoms. The number of amides is 1. The van der Waals surface area contributed by atoms with Gasteiger partial charge in [-0.25, -0.2) is 9.18 Å². The number of aromatic hydroxyl groups is 1. The highest BCUT2D eigenvalue weighted by Crippen LogP contribution is 2.51. The number of carbonyl (C=O) groups is 1. The Labute approximate surface area is 283 Å². The largest absolute Gasteiger partial charge is 0.541 e. The van der Waals surface area contributed by atoms with E-state index in [9.17, 15) is 22.7 Å². The fraction of sp³-hybridized carbons (Fsp3) is 0.471. The number of nitrogens with zero attached hydrogens (tertiary/aromatic N) is 5. The van der Waals surface area contributed by atoms with E-state index in [1.807, 2.05) is 6.07 Å². The standard InChI is InChI=1S/C34H46FN5O6SSi/c1-22(2)48(23(3)4,24(5)6)46-32-29-28(21-39(33(29)41)20-25-11-13-26(35)14-12-25)31(27-10-9-15-36-30(27)32)45-34(42)38-16-18-40(19-17-38)47(43,44)37(7)8/h9-15,21-24,41H,16-20H2,1-8H3. The van der Waals surface area contributed by atoms with Crippen LogP contribution in [-0.4, -0.2) is 91.3 Å². The van der Waals surface area contributed by atoms with E-state index in [0.717, 1.165) is 9.87 Å². The molecule has 0 spiro atoms. The first-order valence-corrected chi connectivity index (χ1v) is 19.8. The second kappa shape index (κ2) is 13.7. The molecule has 1 fully saturated rings. The molecule has 1 amide bonds. The summed E-state index contributed by atoms with van der Waals surface area (Å²) in [6, 6.07) is 9.62. The number of piperazine rings is 1. The molecule has 0 saturated carbocycles. The smallest absolute Gasteiger partial charge is 0.415 e. The predicted octanol–water partition coefficient (Wildman–Crippen LogP) is 6.56. The van der Waals surface area contributed by atoms with E-state index >= 15 is 0 Å². The molecular formula is C34H46FN5O6SSi. The minimum Gasteiger partial charge on any atom is -0.541 e. The molecule has 1 saturated heterocycles. The molecule has 1 aliphatic rings. The third-order valence-electron chi connectivity index (χ3n) is 9.52. The van der Waals surface area contributed by atoms with Crippen LogP contribution in [0.15, 0.2) is 48.8 Å². The predicted molar refractivity (Wildman–Crippen MR) is 188 cm³/mol. The summed E-state index contributed by atoms with van der Waals surface area (Å²) in [7, 11) is -3.25. The van der Waals surface area contributed by atoms with Crippen molar-refractivity contribution in [2.75, 3.05) is 40.3 Å². The van der Waals surface area contributed by atoms with Crippen LogP contribution in [0, 0.1) is 5.82 Å². The molecule has 0 aliphatic carbocycles. The Balaban J connectivity index is 1.65. The molecule has 0 atom stereocenters. The number of halogens is 1. The van der Waals surface area contributed by atoms with Crippen molar-refractivity contribution < 1.29 is 31.9 Å². The number of pyridine rings is 1. The summed E-state index contributed by atoms with van der Waals surface area (Å²) in [6.45, 7) is 13.8. The van der Waals surface area contributed by atoms with Crippen LogP contribution in [-0.2, 0) is 16.8 Å². The van der Waals surface area contributed by atoms with Gasteiger partial charge in [-0.3, -0.25) is 4.98 Å². The van der Waals surface area contributed by atoms with Crippen molar-refractivity contribution in [3.63, 3.8) is 0 Å². The summed E-state index contributed by atoms with van der Waals surface area (Å²) < 4.78 is 56.5. The zero-order chi connectivity index (χ0) is 35.1. The van der Waals surface area contributed by atoms with Crippen LogP contribution in [0.1, 0.15) is 47.1 Å². The van der Waals surface area contributed by atoms with Gasteiger partial charge < -0.3 is 23.7 Å². The van der Waals surface area contributed by atoms with Crippen LogP contribution >= 0.6 is 0 Å². The lowest BCUT2D eigenvalue weighted by Crippen LogP contribution is -2.53. The highest BCUT2D eigenvalue weighted by atomic mass is 32.2. The number of carbonyl (C=O) groups excluding carboxylic acids is 1. The lowest BCUT2D eigenvalue weighted by molar-refractivity contribution is 0.132. The molecule has 4 aromatic rings. The van der Waals surface area contributed by atoms with E-state index in [4.69, 9.17) is 14.1 Å². The van der Waals surface area contributed by atoms with E-state index in [1.165, 1.54) is 35.4 Å². The van der Waals surface area contributed by atoms with Gasteiger partial charge in [0, 0.05) is 58.1 Å². The normalized spacial score (nSPS) is 15.1. The van der Waals surface area contributed by atoms with Gasteiger partial charge >= 0.3 is 6.09 Å². The summed E-state index contributed by atoms with van der Waals surface area (Å²) in [6.07, 6.45) is 2.73. The van der Waals surface area contributed by atoms with Gasteiger partial charge in [-0.1, -0.05) is 53.7 Å². The molecular weight excluding hydrogens is 654 g/mol. The van der Waals surface area contributed by atoms with Crippen LogP contribution in [0.2, 0.25) is 16.6 Å². The van der Waals surface area contributed by atoms with Gasteiger partial charge in [0.25, 0.3) is 18.5 Å². The van der Waals surface area contributed by atoms with Crippen LogP contribution < -0.4 is 9.16 Å². The Morgan fingerprint density at radius 1 is 0.958 bits per heavy atom. The average Bonchev–Trinajstić information content (AvgIpc) is 3.36. The molecule has 1 N–H and O–H groups in total. The molecule has 48 heavy (non-hydrogen) atoms. The molecule has 5 rings (SSSR count). The number of fused-ring (bicyclic) bond motifs is 2. The number of benzene rings is 2. The zero-order valence-electron chi connectivity index (χ0n) is 28.9. The Bertz CT molecular complexity index is 1880. The number of hydrogen-bond acceptors (Lipinski definition) is 7. The lowest BCUT2D eigenvalue weighted by atomic mass is 10.1. The Morgan fingerprint density at radius 2 is 1.56 bits per heavy atom. The van der Waals surface area contributed by atoms with Gasteiger partial charge in [0.2, 0.25) is 5.88 Å². The second-order valence-corrected chi connectivity index (χ2v) is 21.0. The van der Waals surface area contributed by atoms with Crippen molar-refractivity contribution in [1.82, 2.24) is 23.1 Å². The van der Waals surface area contributed by atoms with E-state index in [1.54, 1.807) is 35.2 Å². The summed E-state index contributed by atoms with van der Waals surface area (Å²) >= 11 is 0. The maximum Gasteiger partial charge on any atom is 0.415 e. The lowest BCUT2D eigenvalue weighted by Gasteiger charge is -2.42. The Hall–Kier alpha value is -3.72. The SMILES string of the molecule is CC(C)[Si](Oc1c2ncccc2c(OC(=O)N2CCN(S(=O)(=O)N(C)C)CC2)c2cn(Cc3ccc(F)cc3)c(O)c12)(C(C)C)C(C)C. The van der Waals surface area contributed by atoms with E-state index < -0.39 is 24.6 Å². The first-order chi connectivity index (χ1) is 22.6. The third kappa shape index (κ3) is 6.38. The molecule has 260 valence electrons. The zero-order valence-corrected chi connectivity index (χ0v) is 30.7. The Kier molecular flexibility index (Phi) is 10.1. The summed E-state index contributed by atoms with van der Waals surface area (Å²) in [4.78, 5) is 19.9. The van der Waals surface area contributed by atoms with Crippen molar-refractivity contribution in [2.24, 2.45) is 0 Å². The first-order valence-electron chi connectivity index (χ1n) is 16.3. The molecule has 0 radical (unpaired) electrons. The number of hydrogen-bond donors (Lipinski definition) is 1. The minimum atomic E-state index is -3.62. The second-order valence-electron chi connectivity index (χ2n) is 13.5. The van der Waals surface area contributed by atoms with Crippen molar-refractivity contribution >= 4 is 46.3 Å². The summed E-state index contributed by atoms with van der Waals surface area (Å²) in [5, 5.41) is 13.3. The van der Waals surface area contributed by atoms with Gasteiger partial charge in [0.15, 0.2) is 5.75 Å². The number of rotatable bonds is 10. The maximum absolute atomic E-state index is 13.7. The van der Waals surface area contributed by atoms with Crippen LogP contribution in [0.3, 0.4) is 0 Å². The topological polar surface area (TPSA) is 117 Å². The molecule has 0 unspecified atom stereocenters. The molecule has 2 aromatic heterocycles. The third-order valence-corrected chi connectivity index (χ3v) is 17.4. The monoisotopic (exact) mass is 699 g/mol. The van der Waals surface area contributed by atoms with Gasteiger partial charge in [0.05, 0.1) is 17.3 Å². The van der Waals surface area contributed by atoms with Crippen molar-refractivity contribution in [3.8, 4) is 17.4 Å². The van der Waals surface area contributed by atoms with Crippen LogP contribution in [0.4, 0.5) is 9.18 Å².